The third-order valence-electron chi connectivity index (χ3n) is 6.74. The molecule has 1 atom stereocenters. The second-order valence-corrected chi connectivity index (χ2v) is 10.2. The molecular weight excluding hydrogens is 556 g/mol. The van der Waals surface area contributed by atoms with Gasteiger partial charge in [-0.2, -0.15) is 5.26 Å². The van der Waals surface area contributed by atoms with Crippen molar-refractivity contribution in [2.75, 3.05) is 14.1 Å². The molecule has 0 radical (unpaired) electrons. The van der Waals surface area contributed by atoms with E-state index in [4.69, 9.17) is 30.8 Å². The number of allylic oxidation sites excluding steroid dienone is 1. The number of amides is 1. The van der Waals surface area contributed by atoms with Gasteiger partial charge < -0.3 is 24.8 Å². The summed E-state index contributed by atoms with van der Waals surface area (Å²) >= 11 is 0. The first-order valence-corrected chi connectivity index (χ1v) is 13.8. The maximum absolute atomic E-state index is 12.6. The van der Waals surface area contributed by atoms with Gasteiger partial charge in [-0.1, -0.05) is 66.7 Å². The number of nitriles is 1. The largest absolute Gasteiger partial charge is 0.485 e. The molecule has 44 heavy (non-hydrogen) atoms. The summed E-state index contributed by atoms with van der Waals surface area (Å²) in [6.07, 6.45) is -0.752. The van der Waals surface area contributed by atoms with Gasteiger partial charge >= 0.3 is 0 Å². The van der Waals surface area contributed by atoms with Crippen LogP contribution in [-0.2, 0) is 13.0 Å². The lowest BCUT2D eigenvalue weighted by molar-refractivity contribution is 0.0203. The van der Waals surface area contributed by atoms with Crippen molar-refractivity contribution in [1.82, 2.24) is 9.91 Å². The Labute approximate surface area is 256 Å². The topological polar surface area (TPSA) is 139 Å². The fraction of sp³-hybridized carbons (Fsp3) is 0.147. The molecular formula is C34H32N6O4. The molecule has 0 saturated carbocycles. The Morgan fingerprint density at radius 3 is 2.32 bits per heavy atom. The van der Waals surface area contributed by atoms with E-state index in [-0.39, 0.29) is 29.8 Å². The van der Waals surface area contributed by atoms with Crippen molar-refractivity contribution in [1.29, 1.82) is 5.26 Å². The van der Waals surface area contributed by atoms with E-state index >= 15 is 0 Å². The van der Waals surface area contributed by atoms with Crippen molar-refractivity contribution in [3.8, 4) is 23.3 Å². The normalized spacial score (nSPS) is 14.4. The molecule has 0 spiro atoms. The van der Waals surface area contributed by atoms with Crippen LogP contribution in [-0.4, -0.2) is 42.0 Å². The molecule has 4 aromatic rings. The third-order valence-corrected chi connectivity index (χ3v) is 6.74. The molecule has 10 nitrogen and oxygen atoms in total. The van der Waals surface area contributed by atoms with E-state index in [0.29, 0.717) is 34.8 Å². The van der Waals surface area contributed by atoms with Gasteiger partial charge in [-0.3, -0.25) is 4.79 Å². The molecule has 0 aliphatic carbocycles. The van der Waals surface area contributed by atoms with E-state index in [2.05, 4.69) is 6.07 Å². The number of rotatable bonds is 10. The smallest absolute Gasteiger partial charge is 0.286 e. The molecule has 4 N–H and O–H groups in total. The lowest BCUT2D eigenvalue weighted by Crippen LogP contribution is -2.49. The van der Waals surface area contributed by atoms with Gasteiger partial charge in [0.25, 0.3) is 12.3 Å². The summed E-state index contributed by atoms with van der Waals surface area (Å²) in [5, 5.41) is 10.8. The minimum absolute atomic E-state index is 0.0913. The van der Waals surface area contributed by atoms with E-state index < -0.39 is 6.35 Å². The predicted octanol–water partition coefficient (Wildman–Crippen LogP) is 4.58. The van der Waals surface area contributed by atoms with E-state index in [0.717, 1.165) is 11.1 Å². The van der Waals surface area contributed by atoms with Crippen LogP contribution in [0.3, 0.4) is 0 Å². The summed E-state index contributed by atoms with van der Waals surface area (Å²) in [6, 6.07) is 33.1. The maximum Gasteiger partial charge on any atom is 0.286 e. The molecule has 1 aliphatic rings. The van der Waals surface area contributed by atoms with Crippen molar-refractivity contribution in [3.63, 3.8) is 0 Å². The average Bonchev–Trinajstić information content (AvgIpc) is 3.05. The molecule has 0 saturated heterocycles. The van der Waals surface area contributed by atoms with Gasteiger partial charge in [0.1, 0.15) is 18.1 Å². The molecule has 0 fully saturated rings. The molecule has 10 heteroatoms. The molecule has 0 bridgehead atoms. The average molecular weight is 589 g/mol. The molecule has 1 heterocycles. The number of carbonyl (C=O) groups is 1. The van der Waals surface area contributed by atoms with Crippen LogP contribution >= 0.6 is 0 Å². The Morgan fingerprint density at radius 1 is 0.932 bits per heavy atom. The lowest BCUT2D eigenvalue weighted by Gasteiger charge is -2.33. The van der Waals surface area contributed by atoms with Gasteiger partial charge in [0.15, 0.2) is 11.5 Å². The number of hydrogen-bond acceptors (Lipinski definition) is 9. The minimum Gasteiger partial charge on any atom is -0.485 e. The number of hydrogen-bond donors (Lipinski definition) is 2. The number of nitrogens with zero attached hydrogens (tertiary/aromatic N) is 4. The van der Waals surface area contributed by atoms with Gasteiger partial charge in [-0.05, 0) is 41.5 Å². The van der Waals surface area contributed by atoms with Crippen molar-refractivity contribution in [2.45, 2.75) is 19.4 Å². The second kappa shape index (κ2) is 13.5. The first kappa shape index (κ1) is 29.7. The van der Waals surface area contributed by atoms with Crippen LogP contribution in [0.1, 0.15) is 27.0 Å². The molecule has 1 amide bonds. The predicted molar refractivity (Wildman–Crippen MR) is 166 cm³/mol. The number of benzene rings is 4. The van der Waals surface area contributed by atoms with Crippen LogP contribution in [0.2, 0.25) is 0 Å². The van der Waals surface area contributed by atoms with Crippen molar-refractivity contribution >= 4 is 11.6 Å². The third kappa shape index (κ3) is 6.98. The summed E-state index contributed by atoms with van der Waals surface area (Å²) in [4.78, 5) is 18.8. The van der Waals surface area contributed by atoms with E-state index in [1.54, 1.807) is 56.6 Å². The standard InChI is InChI=1S/C34H32N6O4/c1-39(2)32(41)26-14-9-15-27(20-26)43-33-31(36)28(18-23-10-5-3-6-11-23)38-34(40(33)37)44-30-19-25(21-35)16-17-29(30)42-22-24-12-7-4-8-13-24/h3-17,19-20,34H,18,22,36-37H2,1-2H3. The highest BCUT2D eigenvalue weighted by Crippen LogP contribution is 2.32. The molecule has 0 aromatic heterocycles. The summed E-state index contributed by atoms with van der Waals surface area (Å²) in [5.41, 5.74) is 10.0. The summed E-state index contributed by atoms with van der Waals surface area (Å²) < 4.78 is 18.6. The molecule has 4 aromatic carbocycles. The Kier molecular flexibility index (Phi) is 9.08. The number of hydrazine groups is 1. The Hall–Kier alpha value is -5.79. The van der Waals surface area contributed by atoms with E-state index in [1.807, 2.05) is 60.7 Å². The fourth-order valence-corrected chi connectivity index (χ4v) is 4.45. The highest BCUT2D eigenvalue weighted by molar-refractivity contribution is 6.01. The number of ether oxygens (including phenoxy) is 3. The van der Waals surface area contributed by atoms with Crippen LogP contribution in [0.25, 0.3) is 0 Å². The van der Waals surface area contributed by atoms with Crippen LogP contribution in [0, 0.1) is 11.3 Å². The molecule has 5 rings (SSSR count). The van der Waals surface area contributed by atoms with Crippen molar-refractivity contribution in [2.24, 2.45) is 16.6 Å². The lowest BCUT2D eigenvalue weighted by atomic mass is 10.1. The van der Waals surface area contributed by atoms with Crippen LogP contribution in [0.15, 0.2) is 120 Å². The molecule has 222 valence electrons. The Bertz CT molecular complexity index is 1730. The van der Waals surface area contributed by atoms with E-state index in [1.165, 1.54) is 9.91 Å². The highest BCUT2D eigenvalue weighted by Gasteiger charge is 2.32. The summed E-state index contributed by atoms with van der Waals surface area (Å²) in [6.45, 7) is 0.284. The monoisotopic (exact) mass is 588 g/mol. The first-order chi connectivity index (χ1) is 21.3. The summed E-state index contributed by atoms with van der Waals surface area (Å²) in [5.74, 6) is 7.48. The fourth-order valence-electron chi connectivity index (χ4n) is 4.45. The van der Waals surface area contributed by atoms with Crippen LogP contribution in [0.5, 0.6) is 17.2 Å². The zero-order chi connectivity index (χ0) is 31.1. The van der Waals surface area contributed by atoms with E-state index in [9.17, 15) is 10.1 Å². The number of aliphatic imine (C=N–C) groups is 1. The van der Waals surface area contributed by atoms with Crippen molar-refractivity contribution in [3.05, 3.63) is 137 Å². The van der Waals surface area contributed by atoms with Gasteiger partial charge in [0.2, 0.25) is 5.88 Å². The first-order valence-electron chi connectivity index (χ1n) is 13.8. The minimum atomic E-state index is -1.13. The SMILES string of the molecule is CN(C)C(=O)c1cccc(OC2=C(N)C(Cc3ccccc3)=NC(Oc3cc(C#N)ccc3OCc3ccccc3)N2N)c1. The van der Waals surface area contributed by atoms with Crippen LogP contribution in [0.4, 0.5) is 0 Å². The van der Waals surface area contributed by atoms with Crippen molar-refractivity contribution < 1.29 is 19.0 Å². The van der Waals surface area contributed by atoms with Crippen LogP contribution < -0.4 is 25.8 Å². The molecule has 1 unspecified atom stereocenters. The van der Waals surface area contributed by atoms with Gasteiger partial charge in [0, 0.05) is 32.1 Å². The summed E-state index contributed by atoms with van der Waals surface area (Å²) in [7, 11) is 3.35. The molecule has 1 aliphatic heterocycles. The maximum atomic E-state index is 12.6. The number of nitrogens with two attached hydrogens (primary N) is 2. The Balaban J connectivity index is 1.48. The van der Waals surface area contributed by atoms with Gasteiger partial charge in [-0.15, -0.1) is 0 Å². The number of carbonyl (C=O) groups excluding carboxylic acids is 1. The quantitative estimate of drug-likeness (QED) is 0.257. The van der Waals surface area contributed by atoms with Gasteiger partial charge in [-0.25, -0.2) is 15.8 Å². The zero-order valence-corrected chi connectivity index (χ0v) is 24.4. The van der Waals surface area contributed by atoms with Gasteiger partial charge in [0.05, 0.1) is 17.3 Å². The second-order valence-electron chi connectivity index (χ2n) is 10.2. The zero-order valence-electron chi connectivity index (χ0n) is 24.4. The Morgan fingerprint density at radius 2 is 1.64 bits per heavy atom. The highest BCUT2D eigenvalue weighted by atomic mass is 16.6.